The average molecular weight is 253 g/mol. The second kappa shape index (κ2) is 5.36. The standard InChI is InChI=1S/C13H23N3S/c1-4-12-7-14-13(17)16(12)9-11-5-6-15(8-11)10(2)3/h7,10-11H,4-6,8-9H2,1-3H3,(H,14,17). The van der Waals surface area contributed by atoms with E-state index in [2.05, 4.69) is 41.4 Å². The second-order valence-corrected chi connectivity index (χ2v) is 5.68. The molecule has 1 unspecified atom stereocenters. The zero-order valence-electron chi connectivity index (χ0n) is 11.1. The van der Waals surface area contributed by atoms with Gasteiger partial charge < -0.3 is 14.5 Å². The molecule has 1 aromatic rings. The fourth-order valence-corrected chi connectivity index (χ4v) is 2.91. The summed E-state index contributed by atoms with van der Waals surface area (Å²) < 4.78 is 3.16. The van der Waals surface area contributed by atoms with Crippen molar-refractivity contribution in [2.45, 2.75) is 46.2 Å². The summed E-state index contributed by atoms with van der Waals surface area (Å²) in [7, 11) is 0. The van der Waals surface area contributed by atoms with E-state index in [4.69, 9.17) is 12.2 Å². The summed E-state index contributed by atoms with van der Waals surface area (Å²) in [5.41, 5.74) is 1.33. The number of rotatable bonds is 4. The van der Waals surface area contributed by atoms with Crippen molar-refractivity contribution < 1.29 is 0 Å². The Morgan fingerprint density at radius 2 is 2.29 bits per heavy atom. The lowest BCUT2D eigenvalue weighted by Crippen LogP contribution is -2.28. The molecule has 1 atom stereocenters. The van der Waals surface area contributed by atoms with E-state index in [0.717, 1.165) is 23.7 Å². The van der Waals surface area contributed by atoms with Gasteiger partial charge >= 0.3 is 0 Å². The van der Waals surface area contributed by atoms with Crippen molar-refractivity contribution in [3.8, 4) is 0 Å². The monoisotopic (exact) mass is 253 g/mol. The normalized spacial score (nSPS) is 21.5. The Balaban J connectivity index is 2.02. The van der Waals surface area contributed by atoms with E-state index in [-0.39, 0.29) is 0 Å². The second-order valence-electron chi connectivity index (χ2n) is 5.29. The van der Waals surface area contributed by atoms with Crippen LogP contribution in [0, 0.1) is 10.7 Å². The molecule has 4 heteroatoms. The third-order valence-corrected chi connectivity index (χ3v) is 4.14. The molecule has 96 valence electrons. The van der Waals surface area contributed by atoms with Gasteiger partial charge in [-0.15, -0.1) is 0 Å². The number of likely N-dealkylation sites (tertiary alicyclic amines) is 1. The first kappa shape index (κ1) is 12.8. The molecule has 2 rings (SSSR count). The quantitative estimate of drug-likeness (QED) is 0.834. The largest absolute Gasteiger partial charge is 0.337 e. The Kier molecular flexibility index (Phi) is 4.05. The molecule has 0 bridgehead atoms. The van der Waals surface area contributed by atoms with Crippen LogP contribution in [0.1, 0.15) is 32.9 Å². The molecule has 1 saturated heterocycles. The van der Waals surface area contributed by atoms with E-state index in [1.54, 1.807) is 0 Å². The number of imidazole rings is 1. The number of H-pyrrole nitrogens is 1. The van der Waals surface area contributed by atoms with Gasteiger partial charge in [0.25, 0.3) is 0 Å². The van der Waals surface area contributed by atoms with Crippen LogP contribution in [-0.4, -0.2) is 33.6 Å². The maximum atomic E-state index is 5.35. The maximum Gasteiger partial charge on any atom is 0.177 e. The summed E-state index contributed by atoms with van der Waals surface area (Å²) in [5, 5.41) is 0. The highest BCUT2D eigenvalue weighted by molar-refractivity contribution is 7.71. The molecule has 1 aliphatic heterocycles. The minimum Gasteiger partial charge on any atom is -0.337 e. The zero-order chi connectivity index (χ0) is 12.4. The number of hydrogen-bond donors (Lipinski definition) is 1. The van der Waals surface area contributed by atoms with Gasteiger partial charge in [0, 0.05) is 31.0 Å². The van der Waals surface area contributed by atoms with E-state index in [9.17, 15) is 0 Å². The van der Waals surface area contributed by atoms with Gasteiger partial charge in [0.05, 0.1) is 0 Å². The van der Waals surface area contributed by atoms with Crippen molar-refractivity contribution >= 4 is 12.2 Å². The van der Waals surface area contributed by atoms with Crippen LogP contribution in [0.15, 0.2) is 6.20 Å². The van der Waals surface area contributed by atoms with E-state index < -0.39 is 0 Å². The minimum absolute atomic E-state index is 0.671. The third-order valence-electron chi connectivity index (χ3n) is 3.80. The van der Waals surface area contributed by atoms with E-state index in [1.807, 2.05) is 0 Å². The molecule has 0 radical (unpaired) electrons. The molecular formula is C13H23N3S. The predicted octanol–water partition coefficient (Wildman–Crippen LogP) is 2.84. The summed E-state index contributed by atoms with van der Waals surface area (Å²) in [6, 6.07) is 0.671. The van der Waals surface area contributed by atoms with Crippen molar-refractivity contribution in [3.63, 3.8) is 0 Å². The van der Waals surface area contributed by atoms with Gasteiger partial charge in [-0.05, 0) is 51.4 Å². The van der Waals surface area contributed by atoms with E-state index in [1.165, 1.54) is 25.2 Å². The fraction of sp³-hybridized carbons (Fsp3) is 0.769. The number of nitrogens with one attached hydrogen (secondary N) is 1. The van der Waals surface area contributed by atoms with Gasteiger partial charge in [0.2, 0.25) is 0 Å². The Morgan fingerprint density at radius 1 is 1.53 bits per heavy atom. The molecule has 1 aliphatic rings. The highest BCUT2D eigenvalue weighted by Crippen LogP contribution is 2.21. The fourth-order valence-electron chi connectivity index (χ4n) is 2.66. The van der Waals surface area contributed by atoms with E-state index >= 15 is 0 Å². The van der Waals surface area contributed by atoms with Gasteiger partial charge in [0.15, 0.2) is 4.77 Å². The van der Waals surface area contributed by atoms with Gasteiger partial charge in [0.1, 0.15) is 0 Å². The summed E-state index contributed by atoms with van der Waals surface area (Å²) >= 11 is 5.35. The van der Waals surface area contributed by atoms with Gasteiger partial charge in [-0.3, -0.25) is 0 Å². The molecule has 3 nitrogen and oxygen atoms in total. The highest BCUT2D eigenvalue weighted by Gasteiger charge is 2.24. The zero-order valence-corrected chi connectivity index (χ0v) is 11.9. The molecule has 0 aliphatic carbocycles. The third kappa shape index (κ3) is 2.80. The lowest BCUT2D eigenvalue weighted by atomic mass is 10.1. The number of aromatic nitrogens is 2. The van der Waals surface area contributed by atoms with Crippen molar-refractivity contribution in [3.05, 3.63) is 16.7 Å². The molecule has 2 heterocycles. The molecule has 1 aromatic heterocycles. The van der Waals surface area contributed by atoms with Gasteiger partial charge in [-0.2, -0.15) is 0 Å². The van der Waals surface area contributed by atoms with Gasteiger partial charge in [-0.1, -0.05) is 6.92 Å². The predicted molar refractivity (Wildman–Crippen MR) is 73.8 cm³/mol. The molecule has 1 N–H and O–H groups in total. The van der Waals surface area contributed by atoms with Crippen LogP contribution >= 0.6 is 12.2 Å². The summed E-state index contributed by atoms with van der Waals surface area (Å²) in [5.74, 6) is 0.755. The van der Waals surface area contributed by atoms with Crippen LogP contribution in [0.3, 0.4) is 0 Å². The molecule has 17 heavy (non-hydrogen) atoms. The Labute approximate surface area is 109 Å². The molecule has 0 spiro atoms. The number of hydrogen-bond acceptors (Lipinski definition) is 2. The first-order chi connectivity index (χ1) is 8.11. The molecule has 0 aromatic carbocycles. The van der Waals surface area contributed by atoms with Gasteiger partial charge in [-0.25, -0.2) is 0 Å². The Hall–Kier alpha value is -0.610. The minimum atomic E-state index is 0.671. The van der Waals surface area contributed by atoms with Crippen molar-refractivity contribution in [2.75, 3.05) is 13.1 Å². The average Bonchev–Trinajstić information content (AvgIpc) is 2.88. The molecule has 0 amide bonds. The van der Waals surface area contributed by atoms with Crippen molar-refractivity contribution in [1.82, 2.24) is 14.5 Å². The summed E-state index contributed by atoms with van der Waals surface area (Å²) in [6.45, 7) is 10.3. The smallest absolute Gasteiger partial charge is 0.177 e. The van der Waals surface area contributed by atoms with Crippen molar-refractivity contribution in [1.29, 1.82) is 0 Å². The van der Waals surface area contributed by atoms with Crippen LogP contribution in [0.5, 0.6) is 0 Å². The SMILES string of the molecule is CCc1c[nH]c(=S)n1CC1CCN(C(C)C)C1. The summed E-state index contributed by atoms with van der Waals surface area (Å²) in [6.07, 6.45) is 4.40. The van der Waals surface area contributed by atoms with Crippen LogP contribution in [0.25, 0.3) is 0 Å². The molecular weight excluding hydrogens is 230 g/mol. The van der Waals surface area contributed by atoms with Crippen LogP contribution < -0.4 is 0 Å². The first-order valence-corrected chi connectivity index (χ1v) is 7.03. The number of aromatic amines is 1. The number of aryl methyl sites for hydroxylation is 1. The van der Waals surface area contributed by atoms with Crippen molar-refractivity contribution in [2.24, 2.45) is 5.92 Å². The topological polar surface area (TPSA) is 24.0 Å². The van der Waals surface area contributed by atoms with Crippen LogP contribution in [0.4, 0.5) is 0 Å². The first-order valence-electron chi connectivity index (χ1n) is 6.63. The molecule has 0 saturated carbocycles. The molecule has 1 fully saturated rings. The van der Waals surface area contributed by atoms with Crippen LogP contribution in [-0.2, 0) is 13.0 Å². The Bertz CT molecular complexity index is 419. The maximum absolute atomic E-state index is 5.35. The lowest BCUT2D eigenvalue weighted by Gasteiger charge is -2.20. The Morgan fingerprint density at radius 3 is 2.88 bits per heavy atom. The van der Waals surface area contributed by atoms with Crippen LogP contribution in [0.2, 0.25) is 0 Å². The number of nitrogens with zero attached hydrogens (tertiary/aromatic N) is 2. The highest BCUT2D eigenvalue weighted by atomic mass is 32.1. The lowest BCUT2D eigenvalue weighted by molar-refractivity contribution is 0.260. The summed E-state index contributed by atoms with van der Waals surface area (Å²) in [4.78, 5) is 5.72. The van der Waals surface area contributed by atoms with E-state index in [0.29, 0.717) is 6.04 Å².